The fourth-order valence-electron chi connectivity index (χ4n) is 2.72. The number of anilines is 3. The Bertz CT molecular complexity index is 1350. The van der Waals surface area contributed by atoms with E-state index in [-0.39, 0.29) is 16.0 Å². The summed E-state index contributed by atoms with van der Waals surface area (Å²) in [4.78, 5) is 12.0. The number of rotatable bonds is 7. The van der Waals surface area contributed by atoms with Crippen LogP contribution >= 0.6 is 23.8 Å². The van der Waals surface area contributed by atoms with Crippen LogP contribution in [0.3, 0.4) is 0 Å². The van der Waals surface area contributed by atoms with Crippen molar-refractivity contribution < 1.29 is 8.42 Å². The van der Waals surface area contributed by atoms with Crippen molar-refractivity contribution in [2.75, 3.05) is 15.4 Å². The van der Waals surface area contributed by atoms with Crippen LogP contribution in [0.25, 0.3) is 0 Å². The molecule has 33 heavy (non-hydrogen) atoms. The van der Waals surface area contributed by atoms with Crippen molar-refractivity contribution in [3.05, 3.63) is 83.9 Å². The Morgan fingerprint density at radius 2 is 1.64 bits per heavy atom. The van der Waals surface area contributed by atoms with Crippen molar-refractivity contribution in [2.45, 2.75) is 11.4 Å². The molecule has 0 saturated carbocycles. The van der Waals surface area contributed by atoms with E-state index >= 15 is 0 Å². The predicted octanol–water partition coefficient (Wildman–Crippen LogP) is 3.38. The molecule has 168 valence electrons. The number of sulfonamides is 1. The highest BCUT2D eigenvalue weighted by atomic mass is 35.5. The minimum absolute atomic E-state index is 0.00641. The maximum absolute atomic E-state index is 12.5. The summed E-state index contributed by atoms with van der Waals surface area (Å²) in [6.07, 6.45) is 4.48. The topological polar surface area (TPSA) is 127 Å². The SMILES string of the molecule is O=S(=O)(Nc1ncccn1)c1ccc(NC(=S)Nc2ncn(Cc3ccc(Cl)cc3)n2)cc1. The third-order valence-electron chi connectivity index (χ3n) is 4.23. The van der Waals surface area contributed by atoms with Gasteiger partial charge in [-0.1, -0.05) is 23.7 Å². The molecule has 4 rings (SSSR count). The zero-order valence-corrected chi connectivity index (χ0v) is 19.3. The van der Waals surface area contributed by atoms with E-state index < -0.39 is 10.0 Å². The molecule has 0 fully saturated rings. The summed E-state index contributed by atoms with van der Waals surface area (Å²) in [5, 5.41) is 11.1. The average molecular weight is 501 g/mol. The van der Waals surface area contributed by atoms with E-state index in [1.54, 1.807) is 29.2 Å². The van der Waals surface area contributed by atoms with Crippen molar-refractivity contribution in [2.24, 2.45) is 0 Å². The summed E-state index contributed by atoms with van der Waals surface area (Å²) in [5.41, 5.74) is 1.61. The second-order valence-corrected chi connectivity index (χ2v) is 9.20. The van der Waals surface area contributed by atoms with Gasteiger partial charge in [0.25, 0.3) is 10.0 Å². The van der Waals surface area contributed by atoms with Gasteiger partial charge in [0.1, 0.15) is 6.33 Å². The van der Waals surface area contributed by atoms with E-state index in [4.69, 9.17) is 23.8 Å². The average Bonchev–Trinajstić information content (AvgIpc) is 3.22. The van der Waals surface area contributed by atoms with E-state index in [0.29, 0.717) is 23.2 Å². The molecule has 0 bridgehead atoms. The quantitative estimate of drug-likeness (QED) is 0.327. The molecule has 0 aliphatic heterocycles. The predicted molar refractivity (Wildman–Crippen MR) is 130 cm³/mol. The Hall–Kier alpha value is -3.61. The summed E-state index contributed by atoms with van der Waals surface area (Å²) in [6.45, 7) is 0.532. The first-order valence-corrected chi connectivity index (χ1v) is 11.8. The number of hydrogen-bond acceptors (Lipinski definition) is 7. The maximum atomic E-state index is 12.5. The van der Waals surface area contributed by atoms with Crippen LogP contribution in [0.4, 0.5) is 17.6 Å². The normalized spacial score (nSPS) is 11.1. The van der Waals surface area contributed by atoms with Crippen molar-refractivity contribution in [1.29, 1.82) is 0 Å². The standard InChI is InChI=1S/C20H17ClN8O2S2/c21-15-4-2-14(3-5-15)12-29-13-24-19(27-29)26-20(32)25-16-6-8-17(9-7-16)33(30,31)28-18-22-10-1-11-23-18/h1-11,13H,12H2,(H,22,23,28)(H2,25,26,27,32). The van der Waals surface area contributed by atoms with Gasteiger partial charge in [-0.15, -0.1) is 5.10 Å². The number of benzene rings is 2. The number of thiocarbonyl (C=S) groups is 1. The first-order chi connectivity index (χ1) is 15.9. The third kappa shape index (κ3) is 6.22. The summed E-state index contributed by atoms with van der Waals surface area (Å²) in [5.74, 6) is 0.320. The minimum atomic E-state index is -3.81. The highest BCUT2D eigenvalue weighted by Crippen LogP contribution is 2.17. The van der Waals surface area contributed by atoms with Crippen LogP contribution in [-0.2, 0) is 16.6 Å². The van der Waals surface area contributed by atoms with E-state index in [2.05, 4.69) is 35.4 Å². The number of hydrogen-bond donors (Lipinski definition) is 3. The molecule has 10 nitrogen and oxygen atoms in total. The lowest BCUT2D eigenvalue weighted by atomic mass is 10.2. The molecule has 0 radical (unpaired) electrons. The van der Waals surface area contributed by atoms with Crippen LogP contribution in [0.2, 0.25) is 5.02 Å². The molecule has 2 aromatic carbocycles. The van der Waals surface area contributed by atoms with E-state index in [1.165, 1.54) is 24.5 Å². The largest absolute Gasteiger partial charge is 0.332 e. The lowest BCUT2D eigenvalue weighted by Crippen LogP contribution is -2.20. The van der Waals surface area contributed by atoms with Crippen LogP contribution in [0, 0.1) is 0 Å². The van der Waals surface area contributed by atoms with Gasteiger partial charge in [-0.05, 0) is 60.2 Å². The highest BCUT2D eigenvalue weighted by molar-refractivity contribution is 7.92. The summed E-state index contributed by atoms with van der Waals surface area (Å²) < 4.78 is 28.9. The Balaban J connectivity index is 1.33. The van der Waals surface area contributed by atoms with Crippen molar-refractivity contribution in [3.63, 3.8) is 0 Å². The molecule has 0 aliphatic rings. The Kier molecular flexibility index (Phi) is 6.77. The van der Waals surface area contributed by atoms with Gasteiger partial charge in [-0.3, -0.25) is 5.32 Å². The molecule has 0 atom stereocenters. The van der Waals surface area contributed by atoms with Crippen LogP contribution < -0.4 is 15.4 Å². The Morgan fingerprint density at radius 1 is 0.939 bits per heavy atom. The Labute approximate surface area is 200 Å². The van der Waals surface area contributed by atoms with E-state index in [0.717, 1.165) is 5.56 Å². The molecule has 4 aromatic rings. The number of nitrogens with one attached hydrogen (secondary N) is 3. The van der Waals surface area contributed by atoms with Crippen LogP contribution in [-0.4, -0.2) is 38.3 Å². The van der Waals surface area contributed by atoms with Gasteiger partial charge in [0.15, 0.2) is 5.11 Å². The van der Waals surface area contributed by atoms with Gasteiger partial charge in [0.05, 0.1) is 11.4 Å². The van der Waals surface area contributed by atoms with Crippen LogP contribution in [0.1, 0.15) is 5.56 Å². The van der Waals surface area contributed by atoms with Crippen molar-refractivity contribution in [1.82, 2.24) is 24.7 Å². The highest BCUT2D eigenvalue weighted by Gasteiger charge is 2.15. The molecule has 0 aliphatic carbocycles. The first-order valence-electron chi connectivity index (χ1n) is 9.49. The summed E-state index contributed by atoms with van der Waals surface area (Å²) in [6, 6.07) is 15.1. The lowest BCUT2D eigenvalue weighted by Gasteiger charge is -2.10. The molecule has 0 saturated heterocycles. The second-order valence-electron chi connectivity index (χ2n) is 6.67. The number of nitrogens with zero attached hydrogens (tertiary/aromatic N) is 5. The Morgan fingerprint density at radius 3 is 2.33 bits per heavy atom. The van der Waals surface area contributed by atoms with Gasteiger partial charge >= 0.3 is 0 Å². The third-order valence-corrected chi connectivity index (χ3v) is 6.03. The monoisotopic (exact) mass is 500 g/mol. The molecule has 2 aromatic heterocycles. The van der Waals surface area contributed by atoms with Crippen LogP contribution in [0.5, 0.6) is 0 Å². The molecule has 0 unspecified atom stereocenters. The van der Waals surface area contributed by atoms with Gasteiger partial charge < -0.3 is 5.32 Å². The fourth-order valence-corrected chi connectivity index (χ4v) is 4.01. The van der Waals surface area contributed by atoms with Gasteiger partial charge in [-0.25, -0.2) is 32.8 Å². The molecule has 0 amide bonds. The fraction of sp³-hybridized carbons (Fsp3) is 0.0500. The first kappa shape index (κ1) is 22.6. The van der Waals surface area contributed by atoms with Crippen LogP contribution in [0.15, 0.2) is 78.2 Å². The second kappa shape index (κ2) is 9.90. The van der Waals surface area contributed by atoms with Crippen molar-refractivity contribution in [3.8, 4) is 0 Å². The van der Waals surface area contributed by atoms with E-state index in [1.807, 2.05) is 24.3 Å². The number of aromatic nitrogens is 5. The maximum Gasteiger partial charge on any atom is 0.264 e. The van der Waals surface area contributed by atoms with Gasteiger partial charge in [-0.2, -0.15) is 0 Å². The van der Waals surface area contributed by atoms with Gasteiger partial charge in [0.2, 0.25) is 11.9 Å². The molecular weight excluding hydrogens is 484 g/mol. The molecule has 13 heteroatoms. The summed E-state index contributed by atoms with van der Waals surface area (Å²) >= 11 is 11.2. The zero-order chi connectivity index (χ0) is 23.3. The van der Waals surface area contributed by atoms with E-state index in [9.17, 15) is 8.42 Å². The minimum Gasteiger partial charge on any atom is -0.332 e. The molecule has 0 spiro atoms. The molecular formula is C20H17ClN8O2S2. The smallest absolute Gasteiger partial charge is 0.264 e. The van der Waals surface area contributed by atoms with Crippen molar-refractivity contribution >= 4 is 56.5 Å². The van der Waals surface area contributed by atoms with Gasteiger partial charge in [0, 0.05) is 23.1 Å². The molecule has 3 N–H and O–H groups in total. The zero-order valence-electron chi connectivity index (χ0n) is 16.9. The summed E-state index contributed by atoms with van der Waals surface area (Å²) in [7, 11) is -3.81. The lowest BCUT2D eigenvalue weighted by molar-refractivity contribution is 0.601. The number of halogens is 1. The molecule has 2 heterocycles.